The lowest BCUT2D eigenvalue weighted by Gasteiger charge is -2.11. The molecule has 0 unspecified atom stereocenters. The molecule has 0 bridgehead atoms. The Hall–Kier alpha value is -2.62. The van der Waals surface area contributed by atoms with E-state index in [1.54, 1.807) is 0 Å². The number of aryl methyl sites for hydroxylation is 2. The van der Waals surface area contributed by atoms with Crippen LogP contribution in [0.5, 0.6) is 0 Å². The number of pyridine rings is 1. The van der Waals surface area contributed by atoms with E-state index in [0.717, 1.165) is 62.7 Å². The van der Waals surface area contributed by atoms with E-state index in [1.807, 2.05) is 28.8 Å². The largest absolute Gasteiger partial charge is 0.361 e. The highest BCUT2D eigenvalue weighted by Gasteiger charge is 2.07. The summed E-state index contributed by atoms with van der Waals surface area (Å²) < 4.78 is 2.04. The number of nitrogens with one attached hydrogen (secondary N) is 3. The molecule has 0 radical (unpaired) electrons. The normalized spacial score (nSPS) is 11.6. The summed E-state index contributed by atoms with van der Waals surface area (Å²) >= 11 is 0. The summed E-state index contributed by atoms with van der Waals surface area (Å²) in [4.78, 5) is 8.18. The van der Waals surface area contributed by atoms with Gasteiger partial charge in [-0.05, 0) is 49.4 Å². The van der Waals surface area contributed by atoms with Gasteiger partial charge in [0.25, 0.3) is 0 Å². The number of rotatable bonds is 9. The Morgan fingerprint density at radius 2 is 1.94 bits per heavy atom. The molecule has 0 saturated carbocycles. The van der Waals surface area contributed by atoms with E-state index in [-0.39, 0.29) is 24.0 Å². The van der Waals surface area contributed by atoms with Crippen LogP contribution < -0.4 is 10.6 Å². The zero-order chi connectivity index (χ0) is 21.5. The van der Waals surface area contributed by atoms with E-state index in [1.165, 1.54) is 22.0 Å². The molecule has 0 aliphatic rings. The van der Waals surface area contributed by atoms with Crippen molar-refractivity contribution in [1.29, 1.82) is 0 Å². The molecule has 32 heavy (non-hydrogen) atoms. The SMILES string of the molecule is CCNC(=NCCCc1nnc2ccccn12)NCCc1c[nH]c2c(CC)cccc12.I. The Morgan fingerprint density at radius 1 is 1.03 bits per heavy atom. The number of nitrogens with zero attached hydrogens (tertiary/aromatic N) is 4. The Bertz CT molecular complexity index is 1160. The number of H-pyrrole nitrogens is 1. The minimum atomic E-state index is 0. The molecule has 3 N–H and O–H groups in total. The zero-order valence-electron chi connectivity index (χ0n) is 18.8. The van der Waals surface area contributed by atoms with Crippen molar-refractivity contribution < 1.29 is 0 Å². The highest BCUT2D eigenvalue weighted by atomic mass is 127. The monoisotopic (exact) mass is 545 g/mol. The van der Waals surface area contributed by atoms with Gasteiger partial charge in [0.05, 0.1) is 0 Å². The fourth-order valence-corrected chi connectivity index (χ4v) is 3.92. The first-order valence-corrected chi connectivity index (χ1v) is 11.2. The molecule has 0 aliphatic carbocycles. The Kier molecular flexibility index (Phi) is 8.90. The molecule has 0 amide bonds. The lowest BCUT2D eigenvalue weighted by atomic mass is 10.1. The molecule has 7 nitrogen and oxygen atoms in total. The number of hydrogen-bond acceptors (Lipinski definition) is 3. The molecule has 0 saturated heterocycles. The van der Waals surface area contributed by atoms with Crippen LogP contribution in [-0.2, 0) is 19.3 Å². The lowest BCUT2D eigenvalue weighted by molar-refractivity contribution is 0.750. The Morgan fingerprint density at radius 3 is 2.78 bits per heavy atom. The fraction of sp³-hybridized carbons (Fsp3) is 0.375. The summed E-state index contributed by atoms with van der Waals surface area (Å²) in [6, 6.07) is 12.5. The highest BCUT2D eigenvalue weighted by Crippen LogP contribution is 2.22. The number of aliphatic imine (C=N–C) groups is 1. The summed E-state index contributed by atoms with van der Waals surface area (Å²) in [6.45, 7) is 6.70. The summed E-state index contributed by atoms with van der Waals surface area (Å²) in [5.74, 6) is 1.84. The Balaban J connectivity index is 0.00000289. The molecule has 0 atom stereocenters. The van der Waals surface area contributed by atoms with Gasteiger partial charge in [0.15, 0.2) is 11.6 Å². The van der Waals surface area contributed by atoms with Crippen LogP contribution in [0.3, 0.4) is 0 Å². The molecule has 170 valence electrons. The van der Waals surface area contributed by atoms with Crippen LogP contribution in [0.25, 0.3) is 16.6 Å². The first-order valence-electron chi connectivity index (χ1n) is 11.2. The maximum atomic E-state index is 4.73. The zero-order valence-corrected chi connectivity index (χ0v) is 21.1. The molecule has 0 aliphatic heterocycles. The average Bonchev–Trinajstić information content (AvgIpc) is 3.41. The molecule has 4 rings (SSSR count). The number of guanidine groups is 1. The van der Waals surface area contributed by atoms with Crippen molar-refractivity contribution in [2.45, 2.75) is 39.5 Å². The van der Waals surface area contributed by atoms with Gasteiger partial charge in [-0.15, -0.1) is 34.2 Å². The summed E-state index contributed by atoms with van der Waals surface area (Å²) in [7, 11) is 0. The van der Waals surface area contributed by atoms with Gasteiger partial charge in [-0.2, -0.15) is 0 Å². The minimum Gasteiger partial charge on any atom is -0.361 e. The van der Waals surface area contributed by atoms with E-state index in [0.29, 0.717) is 0 Å². The van der Waals surface area contributed by atoms with Crippen LogP contribution in [0.15, 0.2) is 53.8 Å². The second kappa shape index (κ2) is 11.8. The predicted molar refractivity (Wildman–Crippen MR) is 142 cm³/mol. The third kappa shape index (κ3) is 5.59. The topological polar surface area (TPSA) is 82.4 Å². The van der Waals surface area contributed by atoms with Gasteiger partial charge in [0, 0.05) is 49.4 Å². The van der Waals surface area contributed by atoms with E-state index >= 15 is 0 Å². The van der Waals surface area contributed by atoms with Gasteiger partial charge >= 0.3 is 0 Å². The minimum absolute atomic E-state index is 0. The smallest absolute Gasteiger partial charge is 0.191 e. The van der Waals surface area contributed by atoms with E-state index in [9.17, 15) is 0 Å². The maximum absolute atomic E-state index is 4.73. The van der Waals surface area contributed by atoms with Gasteiger partial charge in [0.2, 0.25) is 0 Å². The third-order valence-electron chi connectivity index (χ3n) is 5.51. The molecule has 0 fully saturated rings. The number of para-hydroxylation sites is 1. The third-order valence-corrected chi connectivity index (χ3v) is 5.51. The van der Waals surface area contributed by atoms with Crippen LogP contribution >= 0.6 is 24.0 Å². The van der Waals surface area contributed by atoms with Crippen molar-refractivity contribution >= 4 is 46.5 Å². The van der Waals surface area contributed by atoms with Gasteiger partial charge in [-0.25, -0.2) is 0 Å². The van der Waals surface area contributed by atoms with Crippen molar-refractivity contribution in [3.63, 3.8) is 0 Å². The summed E-state index contributed by atoms with van der Waals surface area (Å²) in [5.41, 5.74) is 4.86. The molecular formula is C24H32IN7. The second-order valence-electron chi connectivity index (χ2n) is 7.59. The highest BCUT2D eigenvalue weighted by molar-refractivity contribution is 14.0. The molecule has 4 aromatic rings. The van der Waals surface area contributed by atoms with Crippen molar-refractivity contribution in [1.82, 2.24) is 30.2 Å². The lowest BCUT2D eigenvalue weighted by Crippen LogP contribution is -2.38. The maximum Gasteiger partial charge on any atom is 0.191 e. The molecule has 1 aromatic carbocycles. The van der Waals surface area contributed by atoms with Crippen LogP contribution in [0.4, 0.5) is 0 Å². The second-order valence-corrected chi connectivity index (χ2v) is 7.59. The number of benzene rings is 1. The van der Waals surface area contributed by atoms with Crippen molar-refractivity contribution in [2.75, 3.05) is 19.6 Å². The number of hydrogen-bond donors (Lipinski definition) is 3. The molecule has 0 spiro atoms. The van der Waals surface area contributed by atoms with E-state index < -0.39 is 0 Å². The van der Waals surface area contributed by atoms with Gasteiger partial charge in [-0.3, -0.25) is 9.39 Å². The van der Waals surface area contributed by atoms with Crippen LogP contribution in [-0.4, -0.2) is 45.2 Å². The molecule has 3 aromatic heterocycles. The first-order chi connectivity index (χ1) is 15.3. The quantitative estimate of drug-likeness (QED) is 0.128. The first kappa shape index (κ1) is 24.0. The number of aromatic amines is 1. The van der Waals surface area contributed by atoms with Gasteiger partial charge < -0.3 is 15.6 Å². The fourth-order valence-electron chi connectivity index (χ4n) is 3.92. The Labute approximate surface area is 206 Å². The number of fused-ring (bicyclic) bond motifs is 2. The van der Waals surface area contributed by atoms with Crippen LogP contribution in [0.2, 0.25) is 0 Å². The van der Waals surface area contributed by atoms with Gasteiger partial charge in [-0.1, -0.05) is 31.2 Å². The number of halogens is 1. The summed E-state index contributed by atoms with van der Waals surface area (Å²) in [5, 5.41) is 16.6. The van der Waals surface area contributed by atoms with Crippen LogP contribution in [0.1, 0.15) is 37.2 Å². The van der Waals surface area contributed by atoms with Crippen LogP contribution in [0, 0.1) is 0 Å². The van der Waals surface area contributed by atoms with E-state index in [4.69, 9.17) is 4.99 Å². The predicted octanol–water partition coefficient (Wildman–Crippen LogP) is 4.12. The van der Waals surface area contributed by atoms with Gasteiger partial charge in [0.1, 0.15) is 5.82 Å². The van der Waals surface area contributed by atoms with E-state index in [2.05, 4.69) is 64.1 Å². The van der Waals surface area contributed by atoms with Crippen molar-refractivity contribution in [3.05, 3.63) is 65.7 Å². The molecular weight excluding hydrogens is 513 g/mol. The standard InChI is InChI=1S/C24H31N7.HI/c1-3-18-9-7-10-20-19(17-28-23(18)20)13-15-27-24(25-4-2)26-14-8-12-22-30-29-21-11-5-6-16-31(21)22;/h5-7,9-11,16-17,28H,3-4,8,12-15H2,1-2H3,(H2,25,26,27);1H. The summed E-state index contributed by atoms with van der Waals surface area (Å²) in [6.07, 6.45) is 7.91. The van der Waals surface area contributed by atoms with Crippen molar-refractivity contribution in [3.8, 4) is 0 Å². The average molecular weight is 545 g/mol. The molecule has 3 heterocycles. The molecule has 8 heteroatoms. The number of aromatic nitrogens is 4. The van der Waals surface area contributed by atoms with Crippen molar-refractivity contribution in [2.24, 2.45) is 4.99 Å².